The Morgan fingerprint density at radius 3 is 2.34 bits per heavy atom. The number of rotatable bonds is 6. The number of nitrogens with zero attached hydrogens (tertiary/aromatic N) is 3. The predicted octanol–water partition coefficient (Wildman–Crippen LogP) is 3.52. The van der Waals surface area contributed by atoms with Gasteiger partial charge in [-0.1, -0.05) is 12.1 Å². The number of hydrogen-bond acceptors (Lipinski definition) is 4. The summed E-state index contributed by atoms with van der Waals surface area (Å²) in [5.41, 5.74) is 2.88. The van der Waals surface area contributed by atoms with Crippen LogP contribution < -0.4 is 5.32 Å². The molecule has 3 rings (SSSR count). The van der Waals surface area contributed by atoms with E-state index in [0.717, 1.165) is 12.0 Å². The number of likely N-dealkylation sites (N-methyl/N-ethyl adjacent to an activating group) is 1. The molecule has 0 radical (unpaired) electrons. The highest BCUT2D eigenvalue weighted by Gasteiger charge is 2.14. The summed E-state index contributed by atoms with van der Waals surface area (Å²) in [6, 6.07) is 19.2. The van der Waals surface area contributed by atoms with Crippen LogP contribution in [0, 0.1) is 11.3 Å². The normalized spacial score (nSPS) is 10.1. The average Bonchev–Trinajstić information content (AvgIpc) is 2.78. The van der Waals surface area contributed by atoms with E-state index in [-0.39, 0.29) is 11.8 Å². The fraction of sp³-hybridized carbons (Fsp3) is 0.130. The van der Waals surface area contributed by atoms with Gasteiger partial charge in [0.25, 0.3) is 11.8 Å². The Hall–Kier alpha value is -3.98. The summed E-state index contributed by atoms with van der Waals surface area (Å²) < 4.78 is 0. The number of para-hydroxylation sites is 1. The number of aromatic nitrogens is 1. The van der Waals surface area contributed by atoms with Crippen LogP contribution in [0.15, 0.2) is 73.1 Å². The van der Waals surface area contributed by atoms with Crippen LogP contribution in [0.25, 0.3) is 0 Å². The van der Waals surface area contributed by atoms with Crippen molar-refractivity contribution in [3.05, 3.63) is 95.3 Å². The summed E-state index contributed by atoms with van der Waals surface area (Å²) in [5.74, 6) is -0.446. The summed E-state index contributed by atoms with van der Waals surface area (Å²) in [6.07, 6.45) is 4.20. The molecule has 0 aliphatic carbocycles. The molecule has 2 aromatic carbocycles. The van der Waals surface area contributed by atoms with Crippen LogP contribution in [-0.2, 0) is 6.42 Å². The van der Waals surface area contributed by atoms with E-state index < -0.39 is 0 Å². The number of nitriles is 1. The Balaban J connectivity index is 1.62. The third-order valence-corrected chi connectivity index (χ3v) is 4.52. The first-order valence-electron chi connectivity index (χ1n) is 9.13. The van der Waals surface area contributed by atoms with Crippen molar-refractivity contribution < 1.29 is 9.59 Å². The van der Waals surface area contributed by atoms with Gasteiger partial charge in [-0.2, -0.15) is 5.26 Å². The lowest BCUT2D eigenvalue weighted by molar-refractivity contribution is 0.0796. The van der Waals surface area contributed by atoms with E-state index >= 15 is 0 Å². The molecule has 6 heteroatoms. The highest BCUT2D eigenvalue weighted by Crippen LogP contribution is 2.16. The van der Waals surface area contributed by atoms with Crippen molar-refractivity contribution in [2.45, 2.75) is 6.42 Å². The lowest BCUT2D eigenvalue weighted by atomic mass is 10.1. The smallest absolute Gasteiger partial charge is 0.255 e. The summed E-state index contributed by atoms with van der Waals surface area (Å²) in [4.78, 5) is 30.7. The van der Waals surface area contributed by atoms with Gasteiger partial charge in [-0.05, 0) is 60.5 Å². The second-order valence-electron chi connectivity index (χ2n) is 6.52. The lowest BCUT2D eigenvalue weighted by Crippen LogP contribution is -2.28. The van der Waals surface area contributed by atoms with Gasteiger partial charge in [0, 0.05) is 37.1 Å². The first kappa shape index (κ1) is 19.8. The quantitative estimate of drug-likeness (QED) is 0.704. The summed E-state index contributed by atoms with van der Waals surface area (Å²) in [7, 11) is 1.75. The molecule has 0 unspecified atom stereocenters. The van der Waals surface area contributed by atoms with Gasteiger partial charge in [0.1, 0.15) is 6.07 Å². The van der Waals surface area contributed by atoms with Crippen molar-refractivity contribution in [1.29, 1.82) is 5.26 Å². The average molecular weight is 384 g/mol. The summed E-state index contributed by atoms with van der Waals surface area (Å²) >= 11 is 0. The van der Waals surface area contributed by atoms with E-state index in [1.54, 1.807) is 72.9 Å². The molecule has 6 nitrogen and oxygen atoms in total. The molecule has 0 atom stereocenters. The minimum absolute atomic E-state index is 0.110. The van der Waals surface area contributed by atoms with Crippen LogP contribution in [0.4, 0.5) is 5.69 Å². The molecule has 0 fully saturated rings. The number of anilines is 1. The molecule has 29 heavy (non-hydrogen) atoms. The number of carbonyl (C=O) groups is 2. The van der Waals surface area contributed by atoms with Crippen molar-refractivity contribution in [3.63, 3.8) is 0 Å². The SMILES string of the molecule is CN(CCc1ccncc1)C(=O)c1ccc(C(=O)Nc2ccccc2C#N)cc1. The van der Waals surface area contributed by atoms with Gasteiger partial charge in [-0.3, -0.25) is 14.6 Å². The molecule has 3 aromatic rings. The van der Waals surface area contributed by atoms with E-state index in [1.807, 2.05) is 18.2 Å². The number of benzene rings is 2. The van der Waals surface area contributed by atoms with Crippen molar-refractivity contribution in [3.8, 4) is 6.07 Å². The Morgan fingerprint density at radius 2 is 1.66 bits per heavy atom. The molecule has 0 saturated heterocycles. The number of hydrogen-bond donors (Lipinski definition) is 1. The fourth-order valence-corrected chi connectivity index (χ4v) is 2.82. The Kier molecular flexibility index (Phi) is 6.33. The van der Waals surface area contributed by atoms with Gasteiger partial charge < -0.3 is 10.2 Å². The van der Waals surface area contributed by atoms with Gasteiger partial charge in [-0.15, -0.1) is 0 Å². The number of carbonyl (C=O) groups excluding carboxylic acids is 2. The van der Waals surface area contributed by atoms with Gasteiger partial charge in [0.15, 0.2) is 0 Å². The largest absolute Gasteiger partial charge is 0.341 e. The zero-order chi connectivity index (χ0) is 20.6. The predicted molar refractivity (Wildman–Crippen MR) is 110 cm³/mol. The van der Waals surface area contributed by atoms with Crippen LogP contribution in [0.3, 0.4) is 0 Å². The van der Waals surface area contributed by atoms with Crippen LogP contribution in [0.1, 0.15) is 31.8 Å². The highest BCUT2D eigenvalue weighted by molar-refractivity contribution is 6.05. The van der Waals surface area contributed by atoms with Crippen molar-refractivity contribution in [1.82, 2.24) is 9.88 Å². The zero-order valence-corrected chi connectivity index (χ0v) is 16.0. The van der Waals surface area contributed by atoms with Crippen molar-refractivity contribution in [2.24, 2.45) is 0 Å². The third-order valence-electron chi connectivity index (χ3n) is 4.52. The fourth-order valence-electron chi connectivity index (χ4n) is 2.82. The van der Waals surface area contributed by atoms with Crippen LogP contribution in [0.2, 0.25) is 0 Å². The maximum atomic E-state index is 12.6. The van der Waals surface area contributed by atoms with Gasteiger partial charge in [0.2, 0.25) is 0 Å². The maximum Gasteiger partial charge on any atom is 0.255 e. The molecule has 1 N–H and O–H groups in total. The number of pyridine rings is 1. The van der Waals surface area contributed by atoms with E-state index in [0.29, 0.717) is 28.9 Å². The second kappa shape index (κ2) is 9.29. The van der Waals surface area contributed by atoms with E-state index in [2.05, 4.69) is 10.3 Å². The Labute approximate surface area is 169 Å². The van der Waals surface area contributed by atoms with Crippen LogP contribution in [0.5, 0.6) is 0 Å². The van der Waals surface area contributed by atoms with Gasteiger partial charge in [-0.25, -0.2) is 0 Å². The number of nitrogens with one attached hydrogen (secondary N) is 1. The first-order valence-corrected chi connectivity index (χ1v) is 9.13. The highest BCUT2D eigenvalue weighted by atomic mass is 16.2. The van der Waals surface area contributed by atoms with E-state index in [9.17, 15) is 9.59 Å². The monoisotopic (exact) mass is 384 g/mol. The Morgan fingerprint density at radius 1 is 1.00 bits per heavy atom. The standard InChI is InChI=1S/C23H20N4O2/c1-27(15-12-17-10-13-25-14-11-17)23(29)19-8-6-18(7-9-19)22(28)26-21-5-3-2-4-20(21)16-24/h2-11,13-14H,12,15H2,1H3,(H,26,28). The first-order chi connectivity index (χ1) is 14.1. The molecule has 0 spiro atoms. The van der Waals surface area contributed by atoms with E-state index in [1.165, 1.54) is 0 Å². The van der Waals surface area contributed by atoms with Crippen molar-refractivity contribution in [2.75, 3.05) is 18.9 Å². The van der Waals surface area contributed by atoms with Crippen molar-refractivity contribution >= 4 is 17.5 Å². The molecule has 0 aliphatic rings. The topological polar surface area (TPSA) is 86.1 Å². The molecule has 0 saturated carbocycles. The molecular weight excluding hydrogens is 364 g/mol. The maximum absolute atomic E-state index is 12.6. The summed E-state index contributed by atoms with van der Waals surface area (Å²) in [5, 5.41) is 11.8. The Bertz CT molecular complexity index is 1040. The third kappa shape index (κ3) is 5.05. The molecular formula is C23H20N4O2. The minimum Gasteiger partial charge on any atom is -0.341 e. The minimum atomic E-state index is -0.335. The van der Waals surface area contributed by atoms with E-state index in [4.69, 9.17) is 5.26 Å². The lowest BCUT2D eigenvalue weighted by Gasteiger charge is -2.17. The molecule has 1 heterocycles. The zero-order valence-electron chi connectivity index (χ0n) is 16.0. The molecule has 2 amide bonds. The molecule has 0 bridgehead atoms. The molecule has 144 valence electrons. The van der Waals surface area contributed by atoms with Gasteiger partial charge in [0.05, 0.1) is 11.3 Å². The summed E-state index contributed by atoms with van der Waals surface area (Å²) in [6.45, 7) is 0.579. The second-order valence-corrected chi connectivity index (χ2v) is 6.52. The van der Waals surface area contributed by atoms with Crippen LogP contribution in [-0.4, -0.2) is 35.3 Å². The van der Waals surface area contributed by atoms with Crippen LogP contribution >= 0.6 is 0 Å². The molecule has 1 aromatic heterocycles. The number of amides is 2. The van der Waals surface area contributed by atoms with Gasteiger partial charge >= 0.3 is 0 Å². The molecule has 0 aliphatic heterocycles.